The number of aryl methyl sites for hydroxylation is 1. The zero-order valence-corrected chi connectivity index (χ0v) is 20.6. The summed E-state index contributed by atoms with van der Waals surface area (Å²) in [5.41, 5.74) is 4.85. The lowest BCUT2D eigenvalue weighted by molar-refractivity contribution is 0.0651. The number of nitrogens with zero attached hydrogens (tertiary/aromatic N) is 3. The minimum atomic E-state index is -0.0923. The molecule has 1 aromatic heterocycles. The second-order valence-corrected chi connectivity index (χ2v) is 9.15. The van der Waals surface area contributed by atoms with Crippen molar-refractivity contribution < 1.29 is 14.3 Å². The fraction of sp³-hybridized carbons (Fsp3) is 0.233. The summed E-state index contributed by atoms with van der Waals surface area (Å²) < 4.78 is 6.97. The first-order valence-electron chi connectivity index (χ1n) is 12.2. The van der Waals surface area contributed by atoms with E-state index in [0.29, 0.717) is 42.8 Å². The van der Waals surface area contributed by atoms with Crippen LogP contribution in [0.3, 0.4) is 0 Å². The van der Waals surface area contributed by atoms with Crippen molar-refractivity contribution in [2.24, 2.45) is 5.92 Å². The number of benzene rings is 3. The van der Waals surface area contributed by atoms with Gasteiger partial charge >= 0.3 is 0 Å². The molecule has 1 aliphatic heterocycles. The number of likely N-dealkylation sites (tertiary alicyclic amines) is 1. The van der Waals surface area contributed by atoms with Crippen LogP contribution in [0.2, 0.25) is 0 Å². The minimum absolute atomic E-state index is 0.0502. The molecule has 0 atom stereocenters. The lowest BCUT2D eigenvalue weighted by Gasteiger charge is -2.31. The lowest BCUT2D eigenvalue weighted by atomic mass is 9.88. The highest BCUT2D eigenvalue weighted by Crippen LogP contribution is 2.30. The molecule has 0 saturated carbocycles. The summed E-state index contributed by atoms with van der Waals surface area (Å²) in [6, 6.07) is 25.0. The minimum Gasteiger partial charge on any atom is -0.497 e. The molecule has 6 nitrogen and oxygen atoms in total. The molecule has 0 radical (unpaired) electrons. The smallest absolute Gasteiger partial charge is 0.257 e. The molecule has 2 heterocycles. The Hall–Kier alpha value is -4.19. The number of para-hydroxylation sites is 1. The van der Waals surface area contributed by atoms with Gasteiger partial charge in [0.15, 0.2) is 5.78 Å². The molecule has 1 aliphatic rings. The van der Waals surface area contributed by atoms with Gasteiger partial charge in [-0.1, -0.05) is 42.5 Å². The molecule has 1 saturated heterocycles. The van der Waals surface area contributed by atoms with Crippen LogP contribution in [0.15, 0.2) is 85.1 Å². The number of ether oxygens (including phenoxy) is 1. The highest BCUT2D eigenvalue weighted by molar-refractivity contribution is 6.01. The zero-order chi connectivity index (χ0) is 25.1. The van der Waals surface area contributed by atoms with Crippen molar-refractivity contribution in [3.63, 3.8) is 0 Å². The van der Waals surface area contributed by atoms with E-state index < -0.39 is 0 Å². The summed E-state index contributed by atoms with van der Waals surface area (Å²) in [6.07, 6.45) is 3.11. The van der Waals surface area contributed by atoms with Crippen molar-refractivity contribution in [3.05, 3.63) is 102 Å². The Morgan fingerprint density at radius 1 is 0.889 bits per heavy atom. The summed E-state index contributed by atoms with van der Waals surface area (Å²) in [5.74, 6) is 0.714. The molecule has 182 valence electrons. The van der Waals surface area contributed by atoms with Gasteiger partial charge in [-0.15, -0.1) is 0 Å². The highest BCUT2D eigenvalue weighted by atomic mass is 16.5. The lowest BCUT2D eigenvalue weighted by Crippen LogP contribution is -2.40. The van der Waals surface area contributed by atoms with Crippen LogP contribution in [0, 0.1) is 12.8 Å². The molecular weight excluding hydrogens is 450 g/mol. The molecule has 4 aromatic rings. The number of amides is 1. The van der Waals surface area contributed by atoms with Gasteiger partial charge in [0.25, 0.3) is 5.91 Å². The Morgan fingerprint density at radius 2 is 1.56 bits per heavy atom. The molecule has 0 unspecified atom stereocenters. The molecule has 36 heavy (non-hydrogen) atoms. The third-order valence-corrected chi connectivity index (χ3v) is 6.89. The van der Waals surface area contributed by atoms with E-state index in [-0.39, 0.29) is 17.6 Å². The Bertz CT molecular complexity index is 1370. The number of piperidine rings is 1. The van der Waals surface area contributed by atoms with E-state index in [1.165, 1.54) is 0 Å². The molecule has 1 amide bonds. The number of Topliss-reactive ketones (excluding diaryl/α,β-unsaturated/α-hetero) is 1. The average molecular weight is 480 g/mol. The Kier molecular flexibility index (Phi) is 6.67. The first kappa shape index (κ1) is 23.5. The van der Waals surface area contributed by atoms with E-state index in [4.69, 9.17) is 9.84 Å². The van der Waals surface area contributed by atoms with E-state index >= 15 is 0 Å². The molecule has 3 aromatic carbocycles. The maximum Gasteiger partial charge on any atom is 0.257 e. The van der Waals surface area contributed by atoms with Crippen LogP contribution in [0.4, 0.5) is 0 Å². The molecule has 0 aliphatic carbocycles. The summed E-state index contributed by atoms with van der Waals surface area (Å²) in [4.78, 5) is 28.6. The molecule has 1 fully saturated rings. The number of hydrogen-bond acceptors (Lipinski definition) is 4. The number of carbonyl (C=O) groups excluding carboxylic acids is 2. The second-order valence-electron chi connectivity index (χ2n) is 9.15. The van der Waals surface area contributed by atoms with Crippen LogP contribution in [0.1, 0.15) is 39.1 Å². The summed E-state index contributed by atoms with van der Waals surface area (Å²) in [5, 5.41) is 4.83. The average Bonchev–Trinajstić information content (AvgIpc) is 3.38. The SMILES string of the molecule is COc1ccc(C(=O)C2CCN(C(=O)c3cn(-c4ccccc4)nc3-c3ccccc3C)CC2)cc1. The number of ketones is 1. The molecule has 5 rings (SSSR count). The third-order valence-electron chi connectivity index (χ3n) is 6.89. The van der Waals surface area contributed by atoms with Crippen LogP contribution < -0.4 is 4.74 Å². The van der Waals surface area contributed by atoms with Crippen molar-refractivity contribution in [1.29, 1.82) is 0 Å². The van der Waals surface area contributed by atoms with E-state index in [2.05, 4.69) is 0 Å². The first-order chi connectivity index (χ1) is 17.5. The van der Waals surface area contributed by atoms with Gasteiger partial charge in [0.2, 0.25) is 0 Å². The summed E-state index contributed by atoms with van der Waals surface area (Å²) in [7, 11) is 1.61. The Balaban J connectivity index is 1.37. The van der Waals surface area contributed by atoms with Crippen LogP contribution in [0.25, 0.3) is 16.9 Å². The quantitative estimate of drug-likeness (QED) is 0.338. The molecular formula is C30H29N3O3. The first-order valence-corrected chi connectivity index (χ1v) is 12.2. The van der Waals surface area contributed by atoms with E-state index in [1.54, 1.807) is 11.8 Å². The largest absolute Gasteiger partial charge is 0.497 e. The number of methoxy groups -OCH3 is 1. The van der Waals surface area contributed by atoms with E-state index in [9.17, 15) is 9.59 Å². The van der Waals surface area contributed by atoms with Gasteiger partial charge < -0.3 is 9.64 Å². The predicted molar refractivity (Wildman–Crippen MR) is 140 cm³/mol. The fourth-order valence-electron chi connectivity index (χ4n) is 4.79. The standard InChI is InChI=1S/C30H29N3O3/c1-21-8-6-7-11-26(21)28-27(20-33(31-28)24-9-4-3-5-10-24)30(35)32-18-16-23(17-19-32)29(34)22-12-14-25(36-2)15-13-22/h3-15,20,23H,16-19H2,1-2H3. The van der Waals surface area contributed by atoms with Gasteiger partial charge in [0.1, 0.15) is 11.4 Å². The van der Waals surface area contributed by atoms with E-state index in [1.807, 2.05) is 96.9 Å². The molecule has 0 spiro atoms. The van der Waals surface area contributed by atoms with Gasteiger partial charge in [-0.25, -0.2) is 4.68 Å². The maximum absolute atomic E-state index is 13.7. The molecule has 0 bridgehead atoms. The Labute approximate surface area is 211 Å². The van der Waals surface area contributed by atoms with Gasteiger partial charge in [-0.2, -0.15) is 5.10 Å². The number of carbonyl (C=O) groups is 2. The topological polar surface area (TPSA) is 64.4 Å². The molecule has 0 N–H and O–H groups in total. The van der Waals surface area contributed by atoms with Crippen molar-refractivity contribution >= 4 is 11.7 Å². The van der Waals surface area contributed by atoms with Crippen LogP contribution in [0.5, 0.6) is 5.75 Å². The van der Waals surface area contributed by atoms with Crippen molar-refractivity contribution in [3.8, 4) is 22.7 Å². The van der Waals surface area contributed by atoms with Gasteiger partial charge in [-0.3, -0.25) is 9.59 Å². The third kappa shape index (κ3) is 4.67. The summed E-state index contributed by atoms with van der Waals surface area (Å²) >= 11 is 0. The van der Waals surface area contributed by atoms with Crippen LogP contribution >= 0.6 is 0 Å². The van der Waals surface area contributed by atoms with Crippen molar-refractivity contribution in [2.45, 2.75) is 19.8 Å². The monoisotopic (exact) mass is 479 g/mol. The predicted octanol–water partition coefficient (Wildman–Crippen LogP) is 5.59. The Morgan fingerprint density at radius 3 is 2.22 bits per heavy atom. The second kappa shape index (κ2) is 10.2. The zero-order valence-electron chi connectivity index (χ0n) is 20.6. The maximum atomic E-state index is 13.7. The number of hydrogen-bond donors (Lipinski definition) is 0. The van der Waals surface area contributed by atoms with Gasteiger partial charge in [-0.05, 0) is 61.7 Å². The van der Waals surface area contributed by atoms with Crippen molar-refractivity contribution in [1.82, 2.24) is 14.7 Å². The fourth-order valence-corrected chi connectivity index (χ4v) is 4.79. The van der Waals surface area contributed by atoms with Crippen LogP contribution in [-0.4, -0.2) is 46.6 Å². The molecule has 6 heteroatoms. The highest BCUT2D eigenvalue weighted by Gasteiger charge is 2.30. The number of aromatic nitrogens is 2. The van der Waals surface area contributed by atoms with Gasteiger partial charge in [0, 0.05) is 36.3 Å². The van der Waals surface area contributed by atoms with Gasteiger partial charge in [0.05, 0.1) is 18.4 Å². The number of rotatable bonds is 6. The normalized spacial score (nSPS) is 14.0. The van der Waals surface area contributed by atoms with Crippen LogP contribution in [-0.2, 0) is 0 Å². The van der Waals surface area contributed by atoms with Crippen molar-refractivity contribution in [2.75, 3.05) is 20.2 Å². The summed E-state index contributed by atoms with van der Waals surface area (Å²) in [6.45, 7) is 3.10. The van der Waals surface area contributed by atoms with E-state index in [0.717, 1.165) is 22.6 Å².